The van der Waals surface area contributed by atoms with Crippen molar-refractivity contribution in [3.8, 4) is 5.75 Å². The molecule has 0 amide bonds. The van der Waals surface area contributed by atoms with Crippen molar-refractivity contribution in [2.45, 2.75) is 40.2 Å². The standard InChI is InChI=1S/C14H23FN2O/c1-5-6-18-14-8-13(12(16)7-11(14)15)17-10(4)9(2)3/h7-10,17H,5-6,16H2,1-4H3. The maximum atomic E-state index is 13.6. The fraction of sp³-hybridized carbons (Fsp3) is 0.571. The van der Waals surface area contributed by atoms with Gasteiger partial charge in [0.25, 0.3) is 0 Å². The van der Waals surface area contributed by atoms with Crippen molar-refractivity contribution in [1.29, 1.82) is 0 Å². The summed E-state index contributed by atoms with van der Waals surface area (Å²) >= 11 is 0. The van der Waals surface area contributed by atoms with E-state index in [9.17, 15) is 4.39 Å². The largest absolute Gasteiger partial charge is 0.490 e. The Kier molecular flexibility index (Phi) is 5.25. The zero-order valence-corrected chi connectivity index (χ0v) is 11.6. The first-order valence-electron chi connectivity index (χ1n) is 6.44. The summed E-state index contributed by atoms with van der Waals surface area (Å²) in [6.07, 6.45) is 0.842. The van der Waals surface area contributed by atoms with Gasteiger partial charge >= 0.3 is 0 Å². The molecule has 0 aliphatic carbocycles. The van der Waals surface area contributed by atoms with Gasteiger partial charge in [-0.15, -0.1) is 0 Å². The second kappa shape index (κ2) is 6.47. The molecule has 1 unspecified atom stereocenters. The number of benzene rings is 1. The van der Waals surface area contributed by atoms with E-state index < -0.39 is 5.82 Å². The van der Waals surface area contributed by atoms with E-state index in [2.05, 4.69) is 26.1 Å². The van der Waals surface area contributed by atoms with Gasteiger partial charge in [0.05, 0.1) is 18.0 Å². The Hall–Kier alpha value is -1.45. The lowest BCUT2D eigenvalue weighted by atomic mass is 10.1. The Morgan fingerprint density at radius 3 is 2.56 bits per heavy atom. The number of hydrogen-bond donors (Lipinski definition) is 2. The van der Waals surface area contributed by atoms with Crippen molar-refractivity contribution in [2.24, 2.45) is 5.92 Å². The fourth-order valence-electron chi connectivity index (χ4n) is 1.43. The Morgan fingerprint density at radius 2 is 2.00 bits per heavy atom. The number of halogens is 1. The smallest absolute Gasteiger partial charge is 0.167 e. The van der Waals surface area contributed by atoms with Crippen LogP contribution in [0.5, 0.6) is 5.75 Å². The molecule has 0 spiro atoms. The first-order valence-corrected chi connectivity index (χ1v) is 6.44. The van der Waals surface area contributed by atoms with Gasteiger partial charge < -0.3 is 15.8 Å². The molecule has 0 saturated heterocycles. The second-order valence-electron chi connectivity index (χ2n) is 4.90. The summed E-state index contributed by atoms with van der Waals surface area (Å²) in [5.41, 5.74) is 6.94. The molecule has 18 heavy (non-hydrogen) atoms. The lowest BCUT2D eigenvalue weighted by molar-refractivity contribution is 0.301. The van der Waals surface area contributed by atoms with E-state index >= 15 is 0 Å². The number of anilines is 2. The van der Waals surface area contributed by atoms with Crippen molar-refractivity contribution in [3.05, 3.63) is 17.9 Å². The van der Waals surface area contributed by atoms with E-state index in [-0.39, 0.29) is 11.8 Å². The van der Waals surface area contributed by atoms with Crippen molar-refractivity contribution in [2.75, 3.05) is 17.7 Å². The predicted molar refractivity (Wildman–Crippen MR) is 74.5 cm³/mol. The third kappa shape index (κ3) is 3.79. The van der Waals surface area contributed by atoms with Crippen molar-refractivity contribution < 1.29 is 9.13 Å². The molecule has 4 heteroatoms. The van der Waals surface area contributed by atoms with Gasteiger partial charge in [0.2, 0.25) is 0 Å². The molecule has 0 radical (unpaired) electrons. The average Bonchev–Trinajstić information content (AvgIpc) is 2.30. The van der Waals surface area contributed by atoms with Crippen LogP contribution >= 0.6 is 0 Å². The number of nitrogens with two attached hydrogens (primary N) is 1. The van der Waals surface area contributed by atoms with Gasteiger partial charge in [0.15, 0.2) is 11.6 Å². The van der Waals surface area contributed by atoms with E-state index in [1.165, 1.54) is 6.07 Å². The summed E-state index contributed by atoms with van der Waals surface area (Å²) in [5, 5.41) is 3.28. The lowest BCUT2D eigenvalue weighted by Crippen LogP contribution is -2.22. The number of nitrogen functional groups attached to an aromatic ring is 1. The van der Waals surface area contributed by atoms with Crippen LogP contribution in [0.25, 0.3) is 0 Å². The molecule has 102 valence electrons. The lowest BCUT2D eigenvalue weighted by Gasteiger charge is -2.21. The summed E-state index contributed by atoms with van der Waals surface area (Å²) in [6.45, 7) is 8.78. The highest BCUT2D eigenvalue weighted by Gasteiger charge is 2.12. The van der Waals surface area contributed by atoms with E-state index in [1.807, 2.05) is 6.92 Å². The molecule has 1 aromatic carbocycles. The van der Waals surface area contributed by atoms with Gasteiger partial charge in [-0.1, -0.05) is 20.8 Å². The number of rotatable bonds is 6. The van der Waals surface area contributed by atoms with Gasteiger partial charge in [-0.25, -0.2) is 4.39 Å². The normalized spacial score (nSPS) is 12.6. The molecule has 3 N–H and O–H groups in total. The van der Waals surface area contributed by atoms with Crippen LogP contribution in [0.1, 0.15) is 34.1 Å². The van der Waals surface area contributed by atoms with E-state index in [1.54, 1.807) is 6.07 Å². The average molecular weight is 254 g/mol. The van der Waals surface area contributed by atoms with Gasteiger partial charge in [-0.05, 0) is 19.3 Å². The fourth-order valence-corrected chi connectivity index (χ4v) is 1.43. The zero-order valence-electron chi connectivity index (χ0n) is 11.6. The molecule has 1 atom stereocenters. The minimum absolute atomic E-state index is 0.254. The monoisotopic (exact) mass is 254 g/mol. The molecule has 3 nitrogen and oxygen atoms in total. The van der Waals surface area contributed by atoms with E-state index in [4.69, 9.17) is 10.5 Å². The minimum Gasteiger partial charge on any atom is -0.490 e. The van der Waals surface area contributed by atoms with Gasteiger partial charge in [-0.3, -0.25) is 0 Å². The van der Waals surface area contributed by atoms with Gasteiger partial charge in [0.1, 0.15) is 0 Å². The Morgan fingerprint density at radius 1 is 1.33 bits per heavy atom. The maximum absolute atomic E-state index is 13.6. The molecule has 0 heterocycles. The molecule has 0 aliphatic heterocycles. The molecule has 1 aromatic rings. The zero-order chi connectivity index (χ0) is 13.7. The molecule has 0 aliphatic rings. The predicted octanol–water partition coefficient (Wildman–Crippen LogP) is 3.65. The maximum Gasteiger partial charge on any atom is 0.167 e. The third-order valence-corrected chi connectivity index (χ3v) is 2.95. The Balaban J connectivity index is 2.90. The SMILES string of the molecule is CCCOc1cc(NC(C)C(C)C)c(N)cc1F. The molecule has 0 bridgehead atoms. The topological polar surface area (TPSA) is 47.3 Å². The summed E-state index contributed by atoms with van der Waals surface area (Å²) in [5.74, 6) is 0.308. The van der Waals surface area contributed by atoms with Crippen LogP contribution in [0.2, 0.25) is 0 Å². The minimum atomic E-state index is -0.413. The third-order valence-electron chi connectivity index (χ3n) is 2.95. The highest BCUT2D eigenvalue weighted by molar-refractivity contribution is 5.69. The molecular formula is C14H23FN2O. The van der Waals surface area contributed by atoms with Crippen LogP contribution in [0, 0.1) is 11.7 Å². The molecule has 0 fully saturated rings. The summed E-state index contributed by atoms with van der Waals surface area (Å²) in [7, 11) is 0. The highest BCUT2D eigenvalue weighted by atomic mass is 19.1. The first kappa shape index (κ1) is 14.6. The second-order valence-corrected chi connectivity index (χ2v) is 4.90. The van der Waals surface area contributed by atoms with E-state index in [0.717, 1.165) is 12.1 Å². The molecule has 0 saturated carbocycles. The number of ether oxygens (including phenoxy) is 1. The molecular weight excluding hydrogens is 231 g/mol. The quantitative estimate of drug-likeness (QED) is 0.762. The van der Waals surface area contributed by atoms with Crippen LogP contribution in [0.3, 0.4) is 0 Å². The van der Waals surface area contributed by atoms with Crippen LogP contribution in [-0.2, 0) is 0 Å². The number of nitrogens with one attached hydrogen (secondary N) is 1. The van der Waals surface area contributed by atoms with Crippen molar-refractivity contribution >= 4 is 11.4 Å². The van der Waals surface area contributed by atoms with E-state index in [0.29, 0.717) is 18.2 Å². The Labute approximate surface area is 109 Å². The van der Waals surface area contributed by atoms with Crippen LogP contribution in [0.15, 0.2) is 12.1 Å². The Bertz CT molecular complexity index is 394. The first-order chi connectivity index (χ1) is 8.45. The highest BCUT2D eigenvalue weighted by Crippen LogP contribution is 2.29. The summed E-state index contributed by atoms with van der Waals surface area (Å²) in [6, 6.07) is 3.20. The van der Waals surface area contributed by atoms with Crippen LogP contribution in [-0.4, -0.2) is 12.6 Å². The summed E-state index contributed by atoms with van der Waals surface area (Å²) in [4.78, 5) is 0. The molecule has 1 rings (SSSR count). The van der Waals surface area contributed by atoms with Gasteiger partial charge in [-0.2, -0.15) is 0 Å². The molecule has 0 aromatic heterocycles. The van der Waals surface area contributed by atoms with Gasteiger partial charge in [0, 0.05) is 18.2 Å². The van der Waals surface area contributed by atoms with Crippen molar-refractivity contribution in [3.63, 3.8) is 0 Å². The van der Waals surface area contributed by atoms with Crippen molar-refractivity contribution in [1.82, 2.24) is 0 Å². The van der Waals surface area contributed by atoms with Crippen LogP contribution in [0.4, 0.5) is 15.8 Å². The summed E-state index contributed by atoms with van der Waals surface area (Å²) < 4.78 is 19.0. The number of hydrogen-bond acceptors (Lipinski definition) is 3. The van der Waals surface area contributed by atoms with Crippen LogP contribution < -0.4 is 15.8 Å².